The van der Waals surface area contributed by atoms with Crippen LogP contribution >= 0.6 is 11.3 Å². The van der Waals surface area contributed by atoms with Crippen LogP contribution in [0, 0.1) is 13.8 Å². The van der Waals surface area contributed by atoms with Crippen molar-refractivity contribution >= 4 is 42.6 Å². The van der Waals surface area contributed by atoms with Gasteiger partial charge >= 0.3 is 0 Å². The maximum absolute atomic E-state index is 13.8. The fraction of sp³-hybridized carbons (Fsp3) is 0.167. The maximum atomic E-state index is 13.8. The molecule has 2 heterocycles. The third kappa shape index (κ3) is 5.61. The van der Waals surface area contributed by atoms with Crippen molar-refractivity contribution in [2.75, 3.05) is 11.9 Å². The Morgan fingerprint density at radius 1 is 0.872 bits per heavy atom. The number of sulfonamides is 1. The topological polar surface area (TPSA) is 83.5 Å². The smallest absolute Gasteiger partial charge is 0.260 e. The number of aryl methyl sites for hydroxylation is 2. The Morgan fingerprint density at radius 2 is 1.59 bits per heavy atom. The summed E-state index contributed by atoms with van der Waals surface area (Å²) in [7, 11) is -2.19. The van der Waals surface area contributed by atoms with Crippen LogP contribution in [0.3, 0.4) is 0 Å². The van der Waals surface area contributed by atoms with Gasteiger partial charge in [0.15, 0.2) is 5.13 Å². The lowest BCUT2D eigenvalue weighted by atomic mass is 10.1. The zero-order chi connectivity index (χ0) is 27.6. The van der Waals surface area contributed by atoms with Crippen LogP contribution in [0.1, 0.15) is 32.7 Å². The quantitative estimate of drug-likeness (QED) is 0.235. The number of amides is 1. The number of fused-ring (bicyclic) bond motifs is 1. The minimum Gasteiger partial charge on any atom is -0.278 e. The number of anilines is 1. The van der Waals surface area contributed by atoms with Crippen LogP contribution in [-0.4, -0.2) is 35.6 Å². The number of hydrogen-bond acceptors (Lipinski definition) is 6. The summed E-state index contributed by atoms with van der Waals surface area (Å²) in [6.45, 7) is 4.55. The predicted octanol–water partition coefficient (Wildman–Crippen LogP) is 5.98. The summed E-state index contributed by atoms with van der Waals surface area (Å²) in [5.74, 6) is -0.282. The van der Waals surface area contributed by atoms with Crippen molar-refractivity contribution in [1.29, 1.82) is 0 Å². The zero-order valence-corrected chi connectivity index (χ0v) is 23.5. The Balaban J connectivity index is 1.45. The molecule has 0 aliphatic heterocycles. The molecule has 0 unspecified atom stereocenters. The minimum atomic E-state index is -3.74. The minimum absolute atomic E-state index is 0.125. The Kier molecular flexibility index (Phi) is 7.56. The monoisotopic (exact) mass is 556 g/mol. The van der Waals surface area contributed by atoms with Gasteiger partial charge in [0.1, 0.15) is 0 Å². The van der Waals surface area contributed by atoms with E-state index in [0.717, 1.165) is 32.6 Å². The van der Waals surface area contributed by atoms with Gasteiger partial charge in [0.2, 0.25) is 10.0 Å². The van der Waals surface area contributed by atoms with Crippen LogP contribution in [0.2, 0.25) is 0 Å². The normalized spacial score (nSPS) is 11.7. The lowest BCUT2D eigenvalue weighted by Gasteiger charge is -2.20. The Bertz CT molecular complexity index is 1720. The van der Waals surface area contributed by atoms with Gasteiger partial charge < -0.3 is 0 Å². The van der Waals surface area contributed by atoms with Gasteiger partial charge in [-0.3, -0.25) is 14.7 Å². The molecule has 0 saturated carbocycles. The first-order valence-electron chi connectivity index (χ1n) is 12.4. The van der Waals surface area contributed by atoms with Gasteiger partial charge in [0.05, 0.1) is 27.4 Å². The second-order valence-electron chi connectivity index (χ2n) is 9.33. The molecule has 2 aromatic heterocycles. The van der Waals surface area contributed by atoms with Gasteiger partial charge in [-0.05, 0) is 73.0 Å². The van der Waals surface area contributed by atoms with Crippen LogP contribution in [-0.2, 0) is 23.1 Å². The summed E-state index contributed by atoms with van der Waals surface area (Å²) < 4.78 is 28.7. The van der Waals surface area contributed by atoms with Gasteiger partial charge in [0.25, 0.3) is 5.91 Å². The Labute approximate surface area is 232 Å². The fourth-order valence-corrected chi connectivity index (χ4v) is 6.42. The number of aromatic nitrogens is 2. The van der Waals surface area contributed by atoms with Gasteiger partial charge in [-0.2, -0.15) is 4.31 Å². The first-order valence-corrected chi connectivity index (χ1v) is 14.7. The summed E-state index contributed by atoms with van der Waals surface area (Å²) in [6, 6.07) is 25.1. The van der Waals surface area contributed by atoms with Crippen molar-refractivity contribution in [3.63, 3.8) is 0 Å². The van der Waals surface area contributed by atoms with Crippen molar-refractivity contribution in [3.05, 3.63) is 119 Å². The lowest BCUT2D eigenvalue weighted by molar-refractivity contribution is 0.0984. The molecule has 0 fully saturated rings. The number of carbonyl (C=O) groups excluding carboxylic acids is 1. The van der Waals surface area contributed by atoms with Crippen LogP contribution < -0.4 is 4.90 Å². The molecule has 0 aliphatic rings. The molecule has 7 nitrogen and oxygen atoms in total. The van der Waals surface area contributed by atoms with Crippen LogP contribution in [0.25, 0.3) is 10.2 Å². The fourth-order valence-electron chi connectivity index (χ4n) is 4.24. The van der Waals surface area contributed by atoms with Crippen molar-refractivity contribution in [2.45, 2.75) is 31.8 Å². The summed E-state index contributed by atoms with van der Waals surface area (Å²) in [6.07, 6.45) is 1.69. The number of thiazole rings is 1. The van der Waals surface area contributed by atoms with Crippen LogP contribution in [0.4, 0.5) is 5.13 Å². The number of pyridine rings is 1. The lowest BCUT2D eigenvalue weighted by Crippen LogP contribution is -2.31. The molecule has 0 radical (unpaired) electrons. The molecule has 0 aliphatic carbocycles. The van der Waals surface area contributed by atoms with E-state index < -0.39 is 10.0 Å². The van der Waals surface area contributed by atoms with E-state index in [1.54, 1.807) is 30.3 Å². The van der Waals surface area contributed by atoms with Crippen molar-refractivity contribution in [1.82, 2.24) is 14.3 Å². The Morgan fingerprint density at radius 3 is 2.28 bits per heavy atom. The molecular formula is C30H28N4O3S2. The van der Waals surface area contributed by atoms with E-state index in [1.165, 1.54) is 27.8 Å². The van der Waals surface area contributed by atoms with Crippen LogP contribution in [0.5, 0.6) is 0 Å². The van der Waals surface area contributed by atoms with Gasteiger partial charge in [-0.15, -0.1) is 0 Å². The molecule has 0 spiro atoms. The van der Waals surface area contributed by atoms with E-state index >= 15 is 0 Å². The molecule has 3 aromatic carbocycles. The third-order valence-electron chi connectivity index (χ3n) is 6.65. The van der Waals surface area contributed by atoms with E-state index in [-0.39, 0.29) is 23.9 Å². The average molecular weight is 557 g/mol. The predicted molar refractivity (Wildman–Crippen MR) is 155 cm³/mol. The number of carbonyl (C=O) groups is 1. The molecule has 0 N–H and O–H groups in total. The maximum Gasteiger partial charge on any atom is 0.260 e. The summed E-state index contributed by atoms with van der Waals surface area (Å²) >= 11 is 1.45. The standard InChI is InChI=1S/C30H28N4O3S2/c1-21-12-17-27-28(22(21)2)32-30(38-27)34(20-25-11-7-8-18-31-25)29(35)24-13-15-26(16-14-24)39(36,37)33(3)19-23-9-5-4-6-10-23/h4-18H,19-20H2,1-3H3. The SMILES string of the molecule is Cc1ccc2sc(N(Cc3ccccn3)C(=O)c3ccc(S(=O)(=O)N(C)Cc4ccccc4)cc3)nc2c1C. The summed E-state index contributed by atoms with van der Waals surface area (Å²) in [5, 5.41) is 0.564. The molecule has 0 atom stereocenters. The highest BCUT2D eigenvalue weighted by Crippen LogP contribution is 2.33. The molecule has 5 aromatic rings. The van der Waals surface area contributed by atoms with Gasteiger partial charge in [-0.25, -0.2) is 13.4 Å². The number of rotatable bonds is 8. The largest absolute Gasteiger partial charge is 0.278 e. The van der Waals surface area contributed by atoms with Crippen molar-refractivity contribution in [3.8, 4) is 0 Å². The first-order chi connectivity index (χ1) is 18.7. The zero-order valence-electron chi connectivity index (χ0n) is 21.9. The Hall–Kier alpha value is -3.92. The van der Waals surface area contributed by atoms with Gasteiger partial charge in [0, 0.05) is 25.4 Å². The van der Waals surface area contributed by atoms with E-state index in [0.29, 0.717) is 10.7 Å². The van der Waals surface area contributed by atoms with Crippen LogP contribution in [0.15, 0.2) is 96.0 Å². The summed E-state index contributed by atoms with van der Waals surface area (Å²) in [5.41, 5.74) is 5.06. The highest BCUT2D eigenvalue weighted by Gasteiger charge is 2.25. The molecule has 0 saturated heterocycles. The highest BCUT2D eigenvalue weighted by atomic mass is 32.2. The highest BCUT2D eigenvalue weighted by molar-refractivity contribution is 7.89. The molecule has 0 bridgehead atoms. The van der Waals surface area contributed by atoms with Gasteiger partial charge in [-0.1, -0.05) is 53.8 Å². The molecule has 1 amide bonds. The number of nitrogens with zero attached hydrogens (tertiary/aromatic N) is 4. The first kappa shape index (κ1) is 26.7. The third-order valence-corrected chi connectivity index (χ3v) is 9.51. The van der Waals surface area contributed by atoms with Crippen molar-refractivity contribution in [2.24, 2.45) is 0 Å². The molecule has 198 valence electrons. The molecule has 9 heteroatoms. The average Bonchev–Trinajstić information content (AvgIpc) is 3.39. The molecule has 5 rings (SSSR count). The van der Waals surface area contributed by atoms with E-state index in [9.17, 15) is 13.2 Å². The molecular weight excluding hydrogens is 528 g/mol. The second kappa shape index (κ2) is 11.1. The number of hydrogen-bond donors (Lipinski definition) is 0. The van der Waals surface area contributed by atoms with Crippen molar-refractivity contribution < 1.29 is 13.2 Å². The molecule has 39 heavy (non-hydrogen) atoms. The number of benzene rings is 3. The van der Waals surface area contributed by atoms with E-state index in [2.05, 4.69) is 11.1 Å². The van der Waals surface area contributed by atoms with E-state index in [4.69, 9.17) is 4.98 Å². The van der Waals surface area contributed by atoms with E-state index in [1.807, 2.05) is 68.4 Å². The summed E-state index contributed by atoms with van der Waals surface area (Å²) in [4.78, 5) is 24.8. The second-order valence-corrected chi connectivity index (χ2v) is 12.4.